The number of phenols is 1. The number of nitrogens with one attached hydrogen (secondary N) is 1. The van der Waals surface area contributed by atoms with E-state index in [0.29, 0.717) is 47.9 Å². The highest BCUT2D eigenvalue weighted by Crippen LogP contribution is 2.39. The zero-order valence-corrected chi connectivity index (χ0v) is 23.6. The number of aromatic hydroxyl groups is 1. The number of aromatic nitrogens is 3. The van der Waals surface area contributed by atoms with E-state index in [-0.39, 0.29) is 40.6 Å². The van der Waals surface area contributed by atoms with Crippen LogP contribution in [-0.4, -0.2) is 74.9 Å². The maximum atomic E-state index is 14.8. The lowest BCUT2D eigenvalue weighted by molar-refractivity contribution is 0.108. The Hall–Kier alpha value is -4.20. The first kappa shape index (κ1) is 24.3. The molecule has 4 aliphatic rings. The van der Waals surface area contributed by atoms with Gasteiger partial charge in [-0.05, 0) is 75.2 Å². The first-order chi connectivity index (χ1) is 21.7. The van der Waals surface area contributed by atoms with Gasteiger partial charge in [-0.1, -0.05) is 12.0 Å². The third-order valence-corrected chi connectivity index (χ3v) is 9.64. The number of anilines is 1. The fraction of sp³-hybridized carbons (Fsp3) is 0.424. The van der Waals surface area contributed by atoms with E-state index in [2.05, 4.69) is 26.0 Å². The van der Waals surface area contributed by atoms with Crippen LogP contribution in [0.5, 0.6) is 11.8 Å². The Kier molecular flexibility index (Phi) is 5.60. The number of piperazine rings is 1. The van der Waals surface area contributed by atoms with E-state index in [1.807, 2.05) is 0 Å². The van der Waals surface area contributed by atoms with Gasteiger partial charge in [0.15, 0.2) is 0 Å². The molecule has 4 aromatic rings. The van der Waals surface area contributed by atoms with Crippen LogP contribution in [0.25, 0.3) is 27.4 Å². The van der Waals surface area contributed by atoms with Gasteiger partial charge in [-0.2, -0.15) is 9.97 Å². The fourth-order valence-corrected chi connectivity index (χ4v) is 7.68. The van der Waals surface area contributed by atoms with Gasteiger partial charge in [0, 0.05) is 42.8 Å². The molecule has 9 nitrogen and oxygen atoms in total. The van der Waals surface area contributed by atoms with Gasteiger partial charge in [0.2, 0.25) is 0 Å². The van der Waals surface area contributed by atoms with Crippen molar-refractivity contribution in [2.75, 3.05) is 37.6 Å². The van der Waals surface area contributed by atoms with Crippen molar-refractivity contribution in [2.45, 2.75) is 56.1 Å². The number of hydrogen-bond acceptors (Lipinski definition) is 8. The molecule has 10 heteroatoms. The quantitative estimate of drug-likeness (QED) is 0.344. The molecule has 0 radical (unpaired) electrons. The molecule has 0 unspecified atom stereocenters. The Labute approximate surface area is 251 Å². The van der Waals surface area contributed by atoms with Crippen molar-refractivity contribution in [1.29, 1.82) is 0 Å². The highest BCUT2D eigenvalue weighted by molar-refractivity contribution is 5.97. The molecule has 0 spiro atoms. The zero-order chi connectivity index (χ0) is 31.1. The summed E-state index contributed by atoms with van der Waals surface area (Å²) < 4.78 is 40.5. The van der Waals surface area contributed by atoms with Crippen molar-refractivity contribution in [3.8, 4) is 29.8 Å². The van der Waals surface area contributed by atoms with E-state index >= 15 is 0 Å². The van der Waals surface area contributed by atoms with Gasteiger partial charge in [-0.25, -0.2) is 4.39 Å². The topological polar surface area (TPSA) is 95.8 Å². The molecule has 0 saturated carbocycles. The first-order valence-corrected chi connectivity index (χ1v) is 15.0. The van der Waals surface area contributed by atoms with Crippen LogP contribution < -0.4 is 20.5 Å². The Morgan fingerprint density at radius 2 is 1.93 bits per heavy atom. The van der Waals surface area contributed by atoms with E-state index in [1.54, 1.807) is 12.3 Å². The predicted octanol–water partition coefficient (Wildman–Crippen LogP) is 3.71. The van der Waals surface area contributed by atoms with Crippen LogP contribution in [0.4, 0.5) is 10.2 Å². The minimum absolute atomic E-state index is 0.0247. The summed E-state index contributed by atoms with van der Waals surface area (Å²) >= 11 is 0. The third-order valence-electron chi connectivity index (χ3n) is 9.64. The van der Waals surface area contributed by atoms with Crippen LogP contribution >= 0.6 is 0 Å². The summed E-state index contributed by atoms with van der Waals surface area (Å²) in [4.78, 5) is 28.0. The lowest BCUT2D eigenvalue weighted by atomic mass is 9.95. The number of fused-ring (bicyclic) bond motifs is 5. The van der Waals surface area contributed by atoms with Crippen LogP contribution in [0, 0.1) is 18.2 Å². The molecule has 43 heavy (non-hydrogen) atoms. The minimum atomic E-state index is -2.10. The molecule has 2 aromatic carbocycles. The molecule has 6 heterocycles. The lowest BCUT2D eigenvalue weighted by Gasteiger charge is -2.34. The van der Waals surface area contributed by atoms with Gasteiger partial charge in [-0.15, -0.1) is 6.42 Å². The summed E-state index contributed by atoms with van der Waals surface area (Å²) in [6.45, 7) is 0.898. The van der Waals surface area contributed by atoms with Crippen LogP contribution in [-0.2, 0) is 0 Å². The van der Waals surface area contributed by atoms with Crippen LogP contribution in [0.1, 0.15) is 46.8 Å². The fourth-order valence-electron chi connectivity index (χ4n) is 7.68. The third kappa shape index (κ3) is 4.25. The zero-order valence-electron chi connectivity index (χ0n) is 25.6. The van der Waals surface area contributed by atoms with Crippen LogP contribution in [0.2, 0.25) is 0 Å². The maximum Gasteiger partial charge on any atom is 0.319 e. The van der Waals surface area contributed by atoms with Crippen LogP contribution in [0.3, 0.4) is 0 Å². The summed E-state index contributed by atoms with van der Waals surface area (Å²) in [5.74, 6) is 2.17. The summed E-state index contributed by atoms with van der Waals surface area (Å²) in [6, 6.07) is 7.67. The largest absolute Gasteiger partial charge is 0.508 e. The standard InChI is InChI=1S/C33H33FN6O3/c1-2-24-26(34)8-5-20-15-23(41)16-27(28(20)24)40-14-9-25-29(31(40)42)36-32(43-19-33-10-3-12-39(33)13-4-11-33)37-30(25)38-17-21-6-7-22(18-38)35-21/h1,5,8-9,14-16,21-22,35,41H,3-4,6-7,10-13,17-19H2/t21-,22+/i19D2. The maximum absolute atomic E-state index is 14.8. The number of benzene rings is 2. The summed E-state index contributed by atoms with van der Waals surface area (Å²) in [5, 5.41) is 15.5. The Morgan fingerprint density at radius 3 is 2.67 bits per heavy atom. The van der Waals surface area contributed by atoms with Crippen molar-refractivity contribution >= 4 is 27.5 Å². The number of pyridine rings is 1. The van der Waals surface area contributed by atoms with E-state index < -0.39 is 23.5 Å². The summed E-state index contributed by atoms with van der Waals surface area (Å²) in [5.41, 5.74) is -1.12. The van der Waals surface area contributed by atoms with Gasteiger partial charge in [0.1, 0.15) is 29.5 Å². The van der Waals surface area contributed by atoms with Crippen molar-refractivity contribution in [3.63, 3.8) is 0 Å². The van der Waals surface area contributed by atoms with Crippen molar-refractivity contribution in [1.82, 2.24) is 24.8 Å². The van der Waals surface area contributed by atoms with E-state index in [1.165, 1.54) is 28.8 Å². The molecule has 2 N–H and O–H groups in total. The van der Waals surface area contributed by atoms with Gasteiger partial charge < -0.3 is 20.1 Å². The van der Waals surface area contributed by atoms with Gasteiger partial charge >= 0.3 is 6.01 Å². The predicted molar refractivity (Wildman–Crippen MR) is 163 cm³/mol. The second kappa shape index (κ2) is 9.93. The number of terminal acetylenes is 1. The van der Waals surface area contributed by atoms with Crippen molar-refractivity contribution in [3.05, 3.63) is 58.3 Å². The average molecular weight is 583 g/mol. The molecule has 0 amide bonds. The molecule has 2 bridgehead atoms. The molecule has 2 aromatic heterocycles. The number of phenolic OH excluding ortho intramolecular Hbond substituents is 1. The second-order valence-electron chi connectivity index (χ2n) is 12.2. The Morgan fingerprint density at radius 1 is 1.16 bits per heavy atom. The smallest absolute Gasteiger partial charge is 0.319 e. The molecule has 4 saturated heterocycles. The van der Waals surface area contributed by atoms with E-state index in [0.717, 1.165) is 38.8 Å². The van der Waals surface area contributed by atoms with Gasteiger partial charge in [-0.3, -0.25) is 14.3 Å². The molecule has 8 rings (SSSR count). The molecule has 2 atom stereocenters. The van der Waals surface area contributed by atoms with Gasteiger partial charge in [0.25, 0.3) is 5.56 Å². The summed E-state index contributed by atoms with van der Waals surface area (Å²) in [6.07, 6.45) is 12.5. The van der Waals surface area contributed by atoms with E-state index in [4.69, 9.17) is 18.9 Å². The van der Waals surface area contributed by atoms with Crippen molar-refractivity contribution < 1.29 is 17.0 Å². The molecule has 4 fully saturated rings. The minimum Gasteiger partial charge on any atom is -0.508 e. The highest BCUT2D eigenvalue weighted by atomic mass is 19.1. The normalized spacial score (nSPS) is 23.8. The molecule has 4 aliphatic heterocycles. The Bertz CT molecular complexity index is 1950. The van der Waals surface area contributed by atoms with E-state index in [9.17, 15) is 14.3 Å². The van der Waals surface area contributed by atoms with Gasteiger partial charge in [0.05, 0.1) is 24.9 Å². The number of rotatable bonds is 5. The SMILES string of the molecule is [2H]C([2H])(Oc1nc(N2C[C@H]3CC[C@@H](C2)N3)c2ccn(-c3cc(O)cc4ccc(F)c(C#C)c34)c(=O)c2n1)C12CCCN1CCC2. The molecular formula is C33H33FN6O3. The highest BCUT2D eigenvalue weighted by Gasteiger charge is 2.45. The molecular weight excluding hydrogens is 547 g/mol. The first-order valence-electron chi connectivity index (χ1n) is 16.0. The second-order valence-corrected chi connectivity index (χ2v) is 12.2. The molecule has 0 aliphatic carbocycles. The average Bonchev–Trinajstić information content (AvgIpc) is 3.72. The van der Waals surface area contributed by atoms with Crippen LogP contribution in [0.15, 0.2) is 41.3 Å². The lowest BCUT2D eigenvalue weighted by Crippen LogP contribution is -2.51. The molecule has 220 valence electrons. The number of nitrogens with zero attached hydrogens (tertiary/aromatic N) is 5. The summed E-state index contributed by atoms with van der Waals surface area (Å²) in [7, 11) is 0. The number of halogens is 1. The Balaban J connectivity index is 1.32. The monoisotopic (exact) mass is 582 g/mol. The van der Waals surface area contributed by atoms with Crippen molar-refractivity contribution in [2.24, 2.45) is 0 Å². The number of hydrogen-bond donors (Lipinski definition) is 2. The number of ether oxygens (including phenoxy) is 1.